The van der Waals surface area contributed by atoms with Crippen LogP contribution in [-0.4, -0.2) is 22.0 Å². The Bertz CT molecular complexity index is 831. The van der Waals surface area contributed by atoms with E-state index in [1.54, 1.807) is 12.1 Å². The van der Waals surface area contributed by atoms with E-state index in [2.05, 4.69) is 0 Å². The third-order valence-corrected chi connectivity index (χ3v) is 3.51. The molecule has 2 aromatic rings. The maximum Gasteiger partial charge on any atom is 0.339 e. The largest absolute Gasteiger partial charge is 0.506 e. The summed E-state index contributed by atoms with van der Waals surface area (Å²) in [5, 5.41) is 19.4. The maximum atomic E-state index is 13.4. The molecule has 0 aliphatic rings. The van der Waals surface area contributed by atoms with Crippen molar-refractivity contribution in [1.82, 2.24) is 0 Å². The number of benzene rings is 2. The molecule has 0 bridgehead atoms. The summed E-state index contributed by atoms with van der Waals surface area (Å²) in [6.45, 7) is 0. The summed E-state index contributed by atoms with van der Waals surface area (Å²) in [6.07, 6.45) is 2.40. The summed E-state index contributed by atoms with van der Waals surface area (Å²) in [7, 11) is 0. The van der Waals surface area contributed by atoms with E-state index in [0.29, 0.717) is 21.7 Å². The van der Waals surface area contributed by atoms with Crippen LogP contribution in [0.3, 0.4) is 0 Å². The van der Waals surface area contributed by atoms with Crippen LogP contribution in [-0.2, 0) is 0 Å². The summed E-state index contributed by atoms with van der Waals surface area (Å²) in [6, 6.07) is 6.02. The first-order valence-corrected chi connectivity index (χ1v) is 6.98. The van der Waals surface area contributed by atoms with E-state index in [0.717, 1.165) is 12.1 Å². The van der Waals surface area contributed by atoms with Crippen molar-refractivity contribution >= 4 is 41.0 Å². The fraction of sp³-hybridized carbons (Fsp3) is 0. The van der Waals surface area contributed by atoms with Gasteiger partial charge in [-0.05, 0) is 42.0 Å². The number of carboxylic acids is 1. The van der Waals surface area contributed by atoms with Gasteiger partial charge in [0.05, 0.1) is 5.56 Å². The number of carbonyl (C=O) groups is 2. The Morgan fingerprint density at radius 2 is 1.74 bits per heavy atom. The van der Waals surface area contributed by atoms with Crippen molar-refractivity contribution in [3.63, 3.8) is 0 Å². The van der Waals surface area contributed by atoms with Gasteiger partial charge < -0.3 is 10.2 Å². The number of carbonyl (C=O) groups excluding carboxylic acids is 1. The van der Waals surface area contributed by atoms with E-state index in [1.807, 2.05) is 0 Å². The predicted molar refractivity (Wildman–Crippen MR) is 84.9 cm³/mol. The molecule has 0 aliphatic heterocycles. The minimum absolute atomic E-state index is 0.302. The zero-order valence-electron chi connectivity index (χ0n) is 11.4. The quantitative estimate of drug-likeness (QED) is 0.628. The number of hydrogen-bond donors (Lipinski definition) is 2. The highest BCUT2D eigenvalue weighted by Gasteiger charge is 2.19. The van der Waals surface area contributed by atoms with Gasteiger partial charge in [0.15, 0.2) is 5.78 Å². The molecular weight excluding hydrogens is 346 g/mol. The summed E-state index contributed by atoms with van der Waals surface area (Å²) in [5.74, 6) is -4.05. The highest BCUT2D eigenvalue weighted by atomic mass is 35.5. The molecule has 2 N–H and O–H groups in total. The molecule has 2 rings (SSSR count). The lowest BCUT2D eigenvalue weighted by Crippen LogP contribution is -2.04. The number of phenols is 1. The van der Waals surface area contributed by atoms with E-state index in [9.17, 15) is 19.1 Å². The van der Waals surface area contributed by atoms with Gasteiger partial charge in [-0.25, -0.2) is 9.18 Å². The third kappa shape index (κ3) is 3.88. The van der Waals surface area contributed by atoms with Gasteiger partial charge in [-0.15, -0.1) is 0 Å². The van der Waals surface area contributed by atoms with Crippen molar-refractivity contribution in [2.24, 2.45) is 0 Å². The summed E-state index contributed by atoms with van der Waals surface area (Å²) in [4.78, 5) is 23.0. The third-order valence-electron chi connectivity index (χ3n) is 2.95. The van der Waals surface area contributed by atoms with Gasteiger partial charge in [0.2, 0.25) is 0 Å². The molecule has 0 spiro atoms. The van der Waals surface area contributed by atoms with Gasteiger partial charge in [-0.3, -0.25) is 4.79 Å². The fourth-order valence-electron chi connectivity index (χ4n) is 1.84. The van der Waals surface area contributed by atoms with E-state index < -0.39 is 34.4 Å². The molecule has 0 saturated heterocycles. The van der Waals surface area contributed by atoms with Gasteiger partial charge in [-0.1, -0.05) is 29.3 Å². The lowest BCUT2D eigenvalue weighted by Gasteiger charge is -2.05. The first-order chi connectivity index (χ1) is 10.8. The van der Waals surface area contributed by atoms with Crippen LogP contribution in [0.25, 0.3) is 6.08 Å². The molecule has 0 saturated carbocycles. The lowest BCUT2D eigenvalue weighted by molar-refractivity contribution is 0.0693. The number of carboxylic acid groups (broad SMARTS) is 1. The second kappa shape index (κ2) is 6.81. The molecular formula is C16H9Cl2FO4. The molecule has 2 aromatic carbocycles. The van der Waals surface area contributed by atoms with Crippen LogP contribution >= 0.6 is 23.2 Å². The molecule has 0 unspecified atom stereocenters. The fourth-order valence-corrected chi connectivity index (χ4v) is 2.31. The number of rotatable bonds is 4. The van der Waals surface area contributed by atoms with Crippen LogP contribution in [0.5, 0.6) is 5.75 Å². The van der Waals surface area contributed by atoms with Crippen LogP contribution < -0.4 is 0 Å². The molecule has 4 nitrogen and oxygen atoms in total. The second-order valence-corrected chi connectivity index (χ2v) is 5.36. The molecule has 0 aromatic heterocycles. The molecule has 118 valence electrons. The average Bonchev–Trinajstić information content (AvgIpc) is 2.47. The van der Waals surface area contributed by atoms with E-state index >= 15 is 0 Å². The normalized spacial score (nSPS) is 10.9. The molecule has 0 heterocycles. The van der Waals surface area contributed by atoms with E-state index in [-0.39, 0.29) is 0 Å². The van der Waals surface area contributed by atoms with Gasteiger partial charge in [0.25, 0.3) is 0 Å². The summed E-state index contributed by atoms with van der Waals surface area (Å²) < 4.78 is 13.4. The highest BCUT2D eigenvalue weighted by molar-refractivity contribution is 6.35. The Morgan fingerprint density at radius 1 is 1.09 bits per heavy atom. The first kappa shape index (κ1) is 17.0. The number of ketones is 1. The molecule has 0 fully saturated rings. The molecule has 0 aliphatic carbocycles. The predicted octanol–water partition coefficient (Wildman–Crippen LogP) is 4.43. The first-order valence-electron chi connectivity index (χ1n) is 6.23. The van der Waals surface area contributed by atoms with Gasteiger partial charge >= 0.3 is 5.97 Å². The smallest absolute Gasteiger partial charge is 0.339 e. The Labute approximate surface area is 140 Å². The van der Waals surface area contributed by atoms with E-state index in [1.165, 1.54) is 12.1 Å². The molecule has 0 atom stereocenters. The lowest BCUT2D eigenvalue weighted by atomic mass is 10.0. The van der Waals surface area contributed by atoms with Crippen LogP contribution in [0.2, 0.25) is 10.0 Å². The van der Waals surface area contributed by atoms with Crippen LogP contribution in [0.4, 0.5) is 4.39 Å². The molecule has 7 heteroatoms. The molecule has 0 radical (unpaired) electrons. The van der Waals surface area contributed by atoms with Crippen molar-refractivity contribution in [2.75, 3.05) is 0 Å². The Kier molecular flexibility index (Phi) is 5.03. The van der Waals surface area contributed by atoms with Crippen molar-refractivity contribution in [2.45, 2.75) is 0 Å². The number of halogens is 3. The number of allylic oxidation sites excluding steroid dienone is 1. The van der Waals surface area contributed by atoms with Gasteiger partial charge in [-0.2, -0.15) is 0 Å². The Balaban J connectivity index is 2.38. The zero-order valence-corrected chi connectivity index (χ0v) is 12.9. The highest BCUT2D eigenvalue weighted by Crippen LogP contribution is 2.26. The van der Waals surface area contributed by atoms with E-state index in [4.69, 9.17) is 28.3 Å². The van der Waals surface area contributed by atoms with Crippen molar-refractivity contribution in [3.05, 3.63) is 69.0 Å². The number of aromatic hydroxyl groups is 1. The monoisotopic (exact) mass is 354 g/mol. The number of hydrogen-bond acceptors (Lipinski definition) is 3. The average molecular weight is 355 g/mol. The standard InChI is InChI=1S/C16H9Cl2FO4/c17-9-3-1-8(13(18)5-9)2-4-14(20)11-6-10(19)7-12(15(11)21)16(22)23/h1-7,21H,(H,22,23)/b4-2+. The minimum atomic E-state index is -1.54. The van der Waals surface area contributed by atoms with Crippen molar-refractivity contribution < 1.29 is 24.2 Å². The Hall–Kier alpha value is -2.37. The summed E-state index contributed by atoms with van der Waals surface area (Å²) in [5.41, 5.74) is -0.659. The molecule has 0 amide bonds. The Morgan fingerprint density at radius 3 is 2.35 bits per heavy atom. The topological polar surface area (TPSA) is 74.6 Å². The minimum Gasteiger partial charge on any atom is -0.506 e. The maximum absolute atomic E-state index is 13.4. The van der Waals surface area contributed by atoms with Crippen LogP contribution in [0, 0.1) is 5.82 Å². The van der Waals surface area contributed by atoms with Crippen molar-refractivity contribution in [1.29, 1.82) is 0 Å². The van der Waals surface area contributed by atoms with Crippen molar-refractivity contribution in [3.8, 4) is 5.75 Å². The second-order valence-electron chi connectivity index (χ2n) is 4.52. The van der Waals surface area contributed by atoms with Crippen LogP contribution in [0.1, 0.15) is 26.3 Å². The number of aromatic carboxylic acids is 1. The van der Waals surface area contributed by atoms with Crippen LogP contribution in [0.15, 0.2) is 36.4 Å². The SMILES string of the molecule is O=C(O)c1cc(F)cc(C(=O)/C=C/c2ccc(Cl)cc2Cl)c1O. The van der Waals surface area contributed by atoms with Gasteiger partial charge in [0.1, 0.15) is 17.1 Å². The van der Waals surface area contributed by atoms with Gasteiger partial charge in [0, 0.05) is 10.0 Å². The molecule has 23 heavy (non-hydrogen) atoms. The zero-order chi connectivity index (χ0) is 17.1. The summed E-state index contributed by atoms with van der Waals surface area (Å²) >= 11 is 11.7.